The molecule has 0 aromatic carbocycles. The van der Waals surface area contributed by atoms with Crippen molar-refractivity contribution >= 4 is 15.5 Å². The van der Waals surface area contributed by atoms with Crippen molar-refractivity contribution in [3.8, 4) is 0 Å². The molecule has 25 heavy (non-hydrogen) atoms. The molecule has 0 bridgehead atoms. The molecular weight excluding hydrogens is 374 g/mol. The number of morpholine rings is 2. The van der Waals surface area contributed by atoms with Gasteiger partial charge in [0.15, 0.2) is 0 Å². The van der Waals surface area contributed by atoms with E-state index < -0.39 is 20.9 Å². The molecule has 0 radical (unpaired) electrons. The van der Waals surface area contributed by atoms with Crippen LogP contribution in [0.2, 0.25) is 0 Å². The highest BCUT2D eigenvalue weighted by atomic mass is 31.2. The highest BCUT2D eigenvalue weighted by Gasteiger charge is 2.52. The molecule has 1 spiro atoms. The minimum absolute atomic E-state index is 0.185. The number of hydrogen-bond donors (Lipinski definition) is 0. The molecule has 4 saturated heterocycles. The third kappa shape index (κ3) is 3.75. The molecular formula is C13H24N2O8P2. The third-order valence-corrected chi connectivity index (χ3v) is 8.81. The predicted molar refractivity (Wildman–Crippen MR) is 86.2 cm³/mol. The molecule has 10 nitrogen and oxygen atoms in total. The zero-order valence-corrected chi connectivity index (χ0v) is 15.8. The van der Waals surface area contributed by atoms with Gasteiger partial charge >= 0.3 is 15.5 Å². The summed E-state index contributed by atoms with van der Waals surface area (Å²) in [5.41, 5.74) is -0.583. The molecule has 0 aromatic heterocycles. The maximum Gasteiger partial charge on any atom is 0.408 e. The van der Waals surface area contributed by atoms with Gasteiger partial charge in [-0.15, -0.1) is 0 Å². The average Bonchev–Trinajstić information content (AvgIpc) is 2.68. The Balaban J connectivity index is 1.35. The van der Waals surface area contributed by atoms with Crippen molar-refractivity contribution in [2.75, 3.05) is 79.0 Å². The van der Waals surface area contributed by atoms with Crippen LogP contribution in [-0.4, -0.2) is 88.4 Å². The first-order chi connectivity index (χ1) is 12.0. The van der Waals surface area contributed by atoms with Gasteiger partial charge in [0.2, 0.25) is 0 Å². The summed E-state index contributed by atoms with van der Waals surface area (Å²) >= 11 is 0. The Morgan fingerprint density at radius 2 is 0.920 bits per heavy atom. The lowest BCUT2D eigenvalue weighted by Crippen LogP contribution is -2.49. The minimum Gasteiger partial charge on any atom is -0.379 e. The summed E-state index contributed by atoms with van der Waals surface area (Å²) in [7, 11) is -6.59. The monoisotopic (exact) mass is 398 g/mol. The van der Waals surface area contributed by atoms with E-state index in [2.05, 4.69) is 0 Å². The van der Waals surface area contributed by atoms with Crippen LogP contribution < -0.4 is 0 Å². The molecule has 0 N–H and O–H groups in total. The third-order valence-electron chi connectivity index (χ3n) is 4.80. The van der Waals surface area contributed by atoms with Crippen molar-refractivity contribution in [3.63, 3.8) is 0 Å². The summed E-state index contributed by atoms with van der Waals surface area (Å²) in [6.45, 7) is 4.85. The van der Waals surface area contributed by atoms with Crippen LogP contribution in [0.25, 0.3) is 0 Å². The first-order valence-electron chi connectivity index (χ1n) is 8.48. The van der Waals surface area contributed by atoms with Crippen molar-refractivity contribution in [2.24, 2.45) is 5.41 Å². The summed E-state index contributed by atoms with van der Waals surface area (Å²) in [5, 5.41) is 0. The van der Waals surface area contributed by atoms with Crippen LogP contribution >= 0.6 is 15.5 Å². The lowest BCUT2D eigenvalue weighted by molar-refractivity contribution is -0.0883. The first kappa shape index (κ1) is 18.5. The Hall–Kier alpha value is 0.140. The second-order valence-electron chi connectivity index (χ2n) is 6.66. The molecule has 0 amide bonds. The summed E-state index contributed by atoms with van der Waals surface area (Å²) in [5.74, 6) is 0. The molecule has 4 aliphatic heterocycles. The normalized spacial score (nSPS) is 44.8. The quantitative estimate of drug-likeness (QED) is 0.626. The van der Waals surface area contributed by atoms with Gasteiger partial charge in [0.05, 0.1) is 58.3 Å². The van der Waals surface area contributed by atoms with Gasteiger partial charge in [-0.25, -0.2) is 18.5 Å². The van der Waals surface area contributed by atoms with Crippen molar-refractivity contribution in [3.05, 3.63) is 0 Å². The summed E-state index contributed by atoms with van der Waals surface area (Å²) in [4.78, 5) is 0. The molecule has 4 fully saturated rings. The van der Waals surface area contributed by atoms with Gasteiger partial charge < -0.3 is 9.47 Å². The Labute approximate surface area is 146 Å². The van der Waals surface area contributed by atoms with E-state index in [9.17, 15) is 9.13 Å². The predicted octanol–water partition coefficient (Wildman–Crippen LogP) is 0.947. The van der Waals surface area contributed by atoms with E-state index in [0.29, 0.717) is 52.6 Å². The zero-order chi connectivity index (χ0) is 17.4. The van der Waals surface area contributed by atoms with Gasteiger partial charge in [-0.1, -0.05) is 0 Å². The molecule has 0 aromatic rings. The zero-order valence-electron chi connectivity index (χ0n) is 14.0. The van der Waals surface area contributed by atoms with Gasteiger partial charge in [0.1, 0.15) is 0 Å². The van der Waals surface area contributed by atoms with Crippen molar-refractivity contribution in [2.45, 2.75) is 0 Å². The fraction of sp³-hybridized carbons (Fsp3) is 1.00. The van der Waals surface area contributed by atoms with Crippen LogP contribution in [0.4, 0.5) is 0 Å². The van der Waals surface area contributed by atoms with Crippen LogP contribution in [0.15, 0.2) is 0 Å². The first-order valence-corrected chi connectivity index (χ1v) is 11.5. The van der Waals surface area contributed by atoms with E-state index in [1.165, 1.54) is 0 Å². The van der Waals surface area contributed by atoms with Gasteiger partial charge in [-0.3, -0.25) is 18.1 Å². The highest BCUT2D eigenvalue weighted by Crippen LogP contribution is 2.61. The van der Waals surface area contributed by atoms with E-state index >= 15 is 0 Å². The number of ether oxygens (including phenoxy) is 2. The lowest BCUT2D eigenvalue weighted by Gasteiger charge is -2.46. The summed E-state index contributed by atoms with van der Waals surface area (Å²) in [6, 6.07) is 0. The van der Waals surface area contributed by atoms with E-state index in [1.807, 2.05) is 0 Å². The highest BCUT2D eigenvalue weighted by molar-refractivity contribution is 7.51. The van der Waals surface area contributed by atoms with Gasteiger partial charge in [-0.2, -0.15) is 0 Å². The fourth-order valence-corrected chi connectivity index (χ4v) is 6.98. The Kier molecular flexibility index (Phi) is 5.39. The molecule has 4 aliphatic rings. The topological polar surface area (TPSA) is 96.0 Å². The average molecular weight is 398 g/mol. The minimum atomic E-state index is -3.29. The smallest absolute Gasteiger partial charge is 0.379 e. The molecule has 144 valence electrons. The van der Waals surface area contributed by atoms with Gasteiger partial charge in [-0.05, 0) is 0 Å². The van der Waals surface area contributed by atoms with E-state index in [1.54, 1.807) is 9.34 Å². The van der Waals surface area contributed by atoms with Crippen molar-refractivity contribution in [1.82, 2.24) is 9.34 Å². The molecule has 0 atom stereocenters. The number of hydrogen-bond acceptors (Lipinski definition) is 8. The van der Waals surface area contributed by atoms with Crippen LogP contribution in [-0.2, 0) is 36.7 Å². The molecule has 4 heterocycles. The van der Waals surface area contributed by atoms with E-state index in [-0.39, 0.29) is 26.4 Å². The van der Waals surface area contributed by atoms with Crippen molar-refractivity contribution in [1.29, 1.82) is 0 Å². The largest absolute Gasteiger partial charge is 0.408 e. The molecule has 4 rings (SSSR count). The van der Waals surface area contributed by atoms with Crippen LogP contribution in [0, 0.1) is 5.41 Å². The number of rotatable bonds is 2. The van der Waals surface area contributed by atoms with E-state index in [4.69, 9.17) is 27.6 Å². The standard InChI is InChI=1S/C13H24N2O8P2/c16-24(14-1-5-18-6-2-14)20-9-13(10-21-24)11-22-25(17,23-12-13)15-3-7-19-8-4-15/h1-12H2. The van der Waals surface area contributed by atoms with Crippen LogP contribution in [0.5, 0.6) is 0 Å². The molecule has 0 unspecified atom stereocenters. The Morgan fingerprint density at radius 1 is 0.600 bits per heavy atom. The van der Waals surface area contributed by atoms with Crippen LogP contribution in [0.1, 0.15) is 0 Å². The molecule has 0 saturated carbocycles. The Bertz CT molecular complexity index is 501. The summed E-state index contributed by atoms with van der Waals surface area (Å²) < 4.78 is 62.2. The second kappa shape index (κ2) is 7.28. The maximum absolute atomic E-state index is 12.9. The fourth-order valence-electron chi connectivity index (χ4n) is 3.12. The van der Waals surface area contributed by atoms with Gasteiger partial charge in [0.25, 0.3) is 0 Å². The van der Waals surface area contributed by atoms with E-state index in [0.717, 1.165) is 0 Å². The van der Waals surface area contributed by atoms with Crippen LogP contribution in [0.3, 0.4) is 0 Å². The summed E-state index contributed by atoms with van der Waals surface area (Å²) in [6.07, 6.45) is 0. The lowest BCUT2D eigenvalue weighted by atomic mass is 9.93. The molecule has 0 aliphatic carbocycles. The van der Waals surface area contributed by atoms with Gasteiger partial charge in [0, 0.05) is 26.2 Å². The molecule has 12 heteroatoms. The Morgan fingerprint density at radius 3 is 1.24 bits per heavy atom. The van der Waals surface area contributed by atoms with Crippen molar-refractivity contribution < 1.29 is 36.7 Å². The second-order valence-corrected chi connectivity index (χ2v) is 10.7. The maximum atomic E-state index is 12.9. The SMILES string of the molecule is O=P1(N2CCOCC2)OCC2(CO1)COP(=O)(N1CCOCC1)OC2. The number of nitrogens with zero attached hydrogens (tertiary/aromatic N) is 2.